The van der Waals surface area contributed by atoms with Gasteiger partial charge in [0.05, 0.1) is 12.0 Å². The van der Waals surface area contributed by atoms with E-state index in [9.17, 15) is 0 Å². The molecule has 0 spiro atoms. The molecule has 1 heterocycles. The summed E-state index contributed by atoms with van der Waals surface area (Å²) in [5.74, 6) is 0.745. The van der Waals surface area contributed by atoms with Crippen molar-refractivity contribution in [1.82, 2.24) is 4.98 Å². The molecular weight excluding hydrogens is 244 g/mol. The summed E-state index contributed by atoms with van der Waals surface area (Å²) in [6.45, 7) is 0. The minimum absolute atomic E-state index is 0.515. The Morgan fingerprint density at radius 3 is 2.94 bits per heavy atom. The quantitative estimate of drug-likeness (QED) is 0.783. The molecule has 0 amide bonds. The van der Waals surface area contributed by atoms with Gasteiger partial charge >= 0.3 is 0 Å². The van der Waals surface area contributed by atoms with Crippen molar-refractivity contribution in [2.75, 3.05) is 7.11 Å². The molecule has 0 N–H and O–H groups in total. The molecule has 0 unspecified atom stereocenters. The van der Waals surface area contributed by atoms with Crippen LogP contribution in [0.5, 0.6) is 5.75 Å². The third kappa shape index (κ3) is 2.59. The van der Waals surface area contributed by atoms with Gasteiger partial charge in [-0.3, -0.25) is 4.99 Å². The second-order valence-electron chi connectivity index (χ2n) is 2.95. The molecule has 0 aliphatic heterocycles. The Morgan fingerprint density at radius 1 is 1.44 bits per heavy atom. The summed E-state index contributed by atoms with van der Waals surface area (Å²) >= 11 is 7.11. The first-order valence-electron chi connectivity index (χ1n) is 4.58. The van der Waals surface area contributed by atoms with Crippen LogP contribution in [0.25, 0.3) is 0 Å². The van der Waals surface area contributed by atoms with Gasteiger partial charge in [-0.25, -0.2) is 4.98 Å². The molecule has 3 nitrogen and oxygen atoms in total. The summed E-state index contributed by atoms with van der Waals surface area (Å²) < 4.78 is 5.70. The average Bonchev–Trinajstić information content (AvgIpc) is 2.73. The third-order valence-electron chi connectivity index (χ3n) is 1.91. The minimum atomic E-state index is 0.515. The maximum absolute atomic E-state index is 5.72. The van der Waals surface area contributed by atoms with Crippen LogP contribution in [0.4, 0.5) is 5.69 Å². The number of hydrogen-bond donors (Lipinski definition) is 0. The fourth-order valence-corrected chi connectivity index (χ4v) is 2.02. The molecule has 0 bridgehead atoms. The van der Waals surface area contributed by atoms with E-state index in [2.05, 4.69) is 9.98 Å². The molecule has 2 aromatic rings. The number of halogens is 1. The van der Waals surface area contributed by atoms with Crippen LogP contribution in [0.3, 0.4) is 0 Å². The zero-order valence-corrected chi connectivity index (χ0v) is 10.1. The van der Waals surface area contributed by atoms with E-state index >= 15 is 0 Å². The van der Waals surface area contributed by atoms with E-state index in [1.54, 1.807) is 19.5 Å². The van der Waals surface area contributed by atoms with E-state index in [4.69, 9.17) is 16.3 Å². The van der Waals surface area contributed by atoms with E-state index in [1.165, 1.54) is 11.3 Å². The summed E-state index contributed by atoms with van der Waals surface area (Å²) in [5, 5.41) is 0. The molecule has 0 saturated heterocycles. The van der Waals surface area contributed by atoms with Crippen molar-refractivity contribution in [2.24, 2.45) is 4.99 Å². The maximum atomic E-state index is 5.72. The number of rotatable bonds is 3. The Balaban J connectivity index is 2.23. The van der Waals surface area contributed by atoms with Gasteiger partial charge in [0.1, 0.15) is 11.4 Å². The second-order valence-corrected chi connectivity index (χ2v) is 4.59. The smallest absolute Gasteiger partial charge is 0.184 e. The van der Waals surface area contributed by atoms with E-state index in [-0.39, 0.29) is 0 Å². The van der Waals surface area contributed by atoms with E-state index in [0.29, 0.717) is 4.47 Å². The van der Waals surface area contributed by atoms with Gasteiger partial charge in [-0.15, -0.1) is 11.3 Å². The van der Waals surface area contributed by atoms with Crippen molar-refractivity contribution in [2.45, 2.75) is 0 Å². The van der Waals surface area contributed by atoms with Gasteiger partial charge in [0.2, 0.25) is 0 Å². The lowest BCUT2D eigenvalue weighted by Crippen LogP contribution is -1.82. The molecule has 1 aromatic carbocycles. The molecule has 16 heavy (non-hydrogen) atoms. The average molecular weight is 253 g/mol. The summed E-state index contributed by atoms with van der Waals surface area (Å²) in [6, 6.07) is 7.57. The zero-order chi connectivity index (χ0) is 11.4. The Bertz CT molecular complexity index is 510. The minimum Gasteiger partial charge on any atom is -0.494 e. The lowest BCUT2D eigenvalue weighted by atomic mass is 10.3. The molecule has 0 aliphatic carbocycles. The molecule has 1 aromatic heterocycles. The van der Waals surface area contributed by atoms with Crippen LogP contribution < -0.4 is 4.74 Å². The van der Waals surface area contributed by atoms with Gasteiger partial charge < -0.3 is 4.74 Å². The number of methoxy groups -OCH3 is 1. The fourth-order valence-electron chi connectivity index (χ4n) is 1.19. The predicted octanol–water partition coefficient (Wildman–Crippen LogP) is 3.56. The molecule has 0 radical (unpaired) electrons. The van der Waals surface area contributed by atoms with E-state index in [1.807, 2.05) is 24.3 Å². The van der Waals surface area contributed by atoms with Crippen molar-refractivity contribution in [3.05, 3.63) is 39.8 Å². The number of hydrogen-bond acceptors (Lipinski definition) is 4. The van der Waals surface area contributed by atoms with E-state index < -0.39 is 0 Å². The highest BCUT2D eigenvalue weighted by molar-refractivity contribution is 7.17. The maximum Gasteiger partial charge on any atom is 0.184 e. The number of benzene rings is 1. The first-order valence-corrected chi connectivity index (χ1v) is 5.77. The van der Waals surface area contributed by atoms with Crippen molar-refractivity contribution in [1.29, 1.82) is 0 Å². The second kappa shape index (κ2) is 5.09. The van der Waals surface area contributed by atoms with Gasteiger partial charge in [-0.2, -0.15) is 0 Å². The van der Waals surface area contributed by atoms with Crippen molar-refractivity contribution < 1.29 is 4.74 Å². The van der Waals surface area contributed by atoms with E-state index in [0.717, 1.165) is 16.3 Å². The number of aliphatic imine (C=N–C) groups is 1. The molecule has 82 valence electrons. The summed E-state index contributed by atoms with van der Waals surface area (Å²) in [5.41, 5.74) is 0.787. The topological polar surface area (TPSA) is 34.5 Å². The highest BCUT2D eigenvalue weighted by atomic mass is 35.5. The summed E-state index contributed by atoms with van der Waals surface area (Å²) in [4.78, 5) is 9.17. The predicted molar refractivity (Wildman–Crippen MR) is 67.4 cm³/mol. The first kappa shape index (κ1) is 11.1. The standard InChI is InChI=1S/C11H9ClN2OS/c1-15-10-5-3-2-4-9(10)13-6-8-7-14-11(12)16-8/h2-7H,1H3. The van der Waals surface area contributed by atoms with Crippen LogP contribution in [-0.4, -0.2) is 18.3 Å². The monoisotopic (exact) mass is 252 g/mol. The lowest BCUT2D eigenvalue weighted by Gasteiger charge is -2.01. The molecule has 0 saturated carbocycles. The van der Waals surface area contributed by atoms with Crippen LogP contribution in [0, 0.1) is 0 Å². The van der Waals surface area contributed by atoms with Crippen molar-refractivity contribution >= 4 is 34.8 Å². The van der Waals surface area contributed by atoms with Gasteiger partial charge in [0.25, 0.3) is 0 Å². The van der Waals surface area contributed by atoms with Gasteiger partial charge in [-0.1, -0.05) is 23.7 Å². The van der Waals surface area contributed by atoms with Crippen LogP contribution in [0.15, 0.2) is 35.5 Å². The molecular formula is C11H9ClN2OS. The molecule has 5 heteroatoms. The van der Waals surface area contributed by atoms with Gasteiger partial charge in [-0.05, 0) is 12.1 Å². The number of ether oxygens (including phenoxy) is 1. The Morgan fingerprint density at radius 2 is 2.25 bits per heavy atom. The SMILES string of the molecule is COc1ccccc1N=Cc1cnc(Cl)s1. The molecule has 0 atom stereocenters. The number of aromatic nitrogens is 1. The van der Waals surface area contributed by atoms with Crippen molar-refractivity contribution in [3.63, 3.8) is 0 Å². The highest BCUT2D eigenvalue weighted by Gasteiger charge is 1.99. The molecule has 0 aliphatic rings. The first-order chi connectivity index (χ1) is 7.79. The van der Waals surface area contributed by atoms with Gasteiger partial charge in [0, 0.05) is 12.4 Å². The number of para-hydroxylation sites is 2. The zero-order valence-electron chi connectivity index (χ0n) is 8.55. The molecule has 2 rings (SSSR count). The summed E-state index contributed by atoms with van der Waals surface area (Å²) in [7, 11) is 1.62. The van der Waals surface area contributed by atoms with Crippen LogP contribution in [0.2, 0.25) is 4.47 Å². The third-order valence-corrected chi connectivity index (χ3v) is 2.96. The Hall–Kier alpha value is -1.39. The largest absolute Gasteiger partial charge is 0.494 e. The Labute approximate surface area is 102 Å². The molecule has 0 fully saturated rings. The van der Waals surface area contributed by atoms with Crippen LogP contribution in [0.1, 0.15) is 4.88 Å². The number of thiazole rings is 1. The highest BCUT2D eigenvalue weighted by Crippen LogP contribution is 2.26. The van der Waals surface area contributed by atoms with Crippen LogP contribution in [-0.2, 0) is 0 Å². The fraction of sp³-hybridized carbons (Fsp3) is 0.0909. The normalized spacial score (nSPS) is 10.9. The number of nitrogens with zero attached hydrogens (tertiary/aromatic N) is 2. The Kier molecular flexibility index (Phi) is 3.54. The van der Waals surface area contributed by atoms with Gasteiger partial charge in [0.15, 0.2) is 4.47 Å². The summed E-state index contributed by atoms with van der Waals surface area (Å²) in [6.07, 6.45) is 3.41. The lowest BCUT2D eigenvalue weighted by molar-refractivity contribution is 0.416. The van der Waals surface area contributed by atoms with Crippen LogP contribution >= 0.6 is 22.9 Å². The van der Waals surface area contributed by atoms with Crippen molar-refractivity contribution in [3.8, 4) is 5.75 Å².